The summed E-state index contributed by atoms with van der Waals surface area (Å²) in [6, 6.07) is 12.1. The van der Waals surface area contributed by atoms with E-state index in [9.17, 15) is 9.59 Å². The average Bonchev–Trinajstić information content (AvgIpc) is 2.65. The van der Waals surface area contributed by atoms with Crippen LogP contribution in [0.4, 0.5) is 5.69 Å². The fraction of sp³-hybridized carbons (Fsp3) is 0.211. The summed E-state index contributed by atoms with van der Waals surface area (Å²) >= 11 is 5.91. The smallest absolute Gasteiger partial charge is 0.258 e. The minimum atomic E-state index is -0.193. The van der Waals surface area contributed by atoms with Crippen LogP contribution in [0.15, 0.2) is 53.5 Å². The molecule has 0 saturated carbocycles. The number of pyridine rings is 1. The lowest BCUT2D eigenvalue weighted by Gasteiger charge is -2.09. The summed E-state index contributed by atoms with van der Waals surface area (Å²) in [4.78, 5) is 28.7. The normalized spacial score (nSPS) is 10.7. The topological polar surface area (TPSA) is 75.5 Å². The number of rotatable bonds is 6. The van der Waals surface area contributed by atoms with Gasteiger partial charge in [-0.1, -0.05) is 24.6 Å². The first kappa shape index (κ1) is 17.9. The van der Waals surface area contributed by atoms with Crippen LogP contribution in [0, 0.1) is 0 Å². The molecule has 0 aliphatic heterocycles. The fourth-order valence-electron chi connectivity index (χ4n) is 2.52. The number of carbonyl (C=O) groups excluding carboxylic acids is 1. The number of nitrogens with one attached hydrogen (secondary N) is 2. The van der Waals surface area contributed by atoms with E-state index in [-0.39, 0.29) is 11.5 Å². The van der Waals surface area contributed by atoms with Gasteiger partial charge in [-0.05, 0) is 36.8 Å². The average molecular weight is 371 g/mol. The Morgan fingerprint density at radius 3 is 2.88 bits per heavy atom. The minimum Gasteiger partial charge on any atom is -0.379 e. The second-order valence-corrected chi connectivity index (χ2v) is 6.29. The summed E-state index contributed by atoms with van der Waals surface area (Å²) in [7, 11) is 0. The number of amides is 1. The molecule has 0 radical (unpaired) electrons. The summed E-state index contributed by atoms with van der Waals surface area (Å²) in [6.07, 6.45) is 2.43. The predicted molar refractivity (Wildman–Crippen MR) is 103 cm³/mol. The molecule has 3 rings (SSSR count). The van der Waals surface area contributed by atoms with Crippen molar-refractivity contribution in [3.63, 3.8) is 0 Å². The van der Waals surface area contributed by atoms with Crippen LogP contribution in [0.3, 0.4) is 0 Å². The molecule has 0 bridgehead atoms. The van der Waals surface area contributed by atoms with Crippen molar-refractivity contribution < 1.29 is 4.79 Å². The molecule has 3 aromatic rings. The van der Waals surface area contributed by atoms with Crippen LogP contribution in [-0.2, 0) is 6.54 Å². The van der Waals surface area contributed by atoms with Gasteiger partial charge in [-0.3, -0.25) is 14.0 Å². The van der Waals surface area contributed by atoms with Crippen molar-refractivity contribution in [2.24, 2.45) is 0 Å². The van der Waals surface area contributed by atoms with E-state index in [1.165, 1.54) is 10.5 Å². The lowest BCUT2D eigenvalue weighted by Crippen LogP contribution is -2.24. The number of carbonyl (C=O) groups is 1. The molecule has 0 aliphatic carbocycles. The third kappa shape index (κ3) is 4.21. The van der Waals surface area contributed by atoms with Gasteiger partial charge in [0.05, 0.1) is 17.3 Å². The number of fused-ring (bicyclic) bond motifs is 1. The highest BCUT2D eigenvalue weighted by molar-refractivity contribution is 6.30. The molecule has 0 aliphatic rings. The highest BCUT2D eigenvalue weighted by Gasteiger charge is 2.06. The lowest BCUT2D eigenvalue weighted by atomic mass is 10.2. The highest BCUT2D eigenvalue weighted by atomic mass is 35.5. The van der Waals surface area contributed by atoms with E-state index in [0.717, 1.165) is 12.1 Å². The zero-order valence-corrected chi connectivity index (χ0v) is 15.1. The van der Waals surface area contributed by atoms with Gasteiger partial charge in [-0.25, -0.2) is 4.98 Å². The summed E-state index contributed by atoms with van der Waals surface area (Å²) in [5, 5.41) is 6.52. The molecule has 0 spiro atoms. The first-order chi connectivity index (χ1) is 12.6. The molecule has 2 N–H and O–H groups in total. The maximum atomic E-state index is 12.2. The Labute approximate surface area is 155 Å². The van der Waals surface area contributed by atoms with Crippen LogP contribution < -0.4 is 16.2 Å². The van der Waals surface area contributed by atoms with Crippen molar-refractivity contribution in [2.75, 3.05) is 11.9 Å². The summed E-state index contributed by atoms with van der Waals surface area (Å²) < 4.78 is 1.41. The van der Waals surface area contributed by atoms with E-state index in [0.29, 0.717) is 35.0 Å². The molecule has 0 atom stereocenters. The van der Waals surface area contributed by atoms with E-state index in [2.05, 4.69) is 15.6 Å². The van der Waals surface area contributed by atoms with Crippen molar-refractivity contribution in [3.05, 3.63) is 75.3 Å². The Hall–Kier alpha value is -2.86. The first-order valence-corrected chi connectivity index (χ1v) is 8.74. The van der Waals surface area contributed by atoms with Crippen LogP contribution in [-0.4, -0.2) is 21.8 Å². The molecule has 2 aromatic heterocycles. The molecule has 7 heteroatoms. The van der Waals surface area contributed by atoms with Crippen molar-refractivity contribution in [1.82, 2.24) is 14.7 Å². The van der Waals surface area contributed by atoms with E-state index >= 15 is 0 Å². The van der Waals surface area contributed by atoms with Crippen LogP contribution in [0.25, 0.3) is 5.65 Å². The zero-order chi connectivity index (χ0) is 18.5. The molecule has 6 nitrogen and oxygen atoms in total. The largest absolute Gasteiger partial charge is 0.379 e. The van der Waals surface area contributed by atoms with Gasteiger partial charge in [0.15, 0.2) is 0 Å². The third-order valence-corrected chi connectivity index (χ3v) is 4.03. The SMILES string of the molecule is CCCNC(=O)c1cccc(NCc2cc(=O)n3cc(Cl)ccc3n2)c1. The second kappa shape index (κ2) is 8.01. The number of nitrogens with zero attached hydrogens (tertiary/aromatic N) is 2. The molecule has 1 aromatic carbocycles. The molecule has 0 unspecified atom stereocenters. The van der Waals surface area contributed by atoms with E-state index in [1.807, 2.05) is 19.1 Å². The summed E-state index contributed by atoms with van der Waals surface area (Å²) in [6.45, 7) is 3.02. The van der Waals surface area contributed by atoms with Gasteiger partial charge in [0.2, 0.25) is 0 Å². The molecule has 1 amide bonds. The Morgan fingerprint density at radius 1 is 1.23 bits per heavy atom. The zero-order valence-electron chi connectivity index (χ0n) is 14.3. The van der Waals surface area contributed by atoms with Crippen LogP contribution in [0.2, 0.25) is 5.02 Å². The third-order valence-electron chi connectivity index (χ3n) is 3.81. The van der Waals surface area contributed by atoms with Crippen molar-refractivity contribution in [1.29, 1.82) is 0 Å². The molecule has 0 saturated heterocycles. The van der Waals surface area contributed by atoms with Gasteiger partial charge < -0.3 is 10.6 Å². The van der Waals surface area contributed by atoms with Crippen LogP contribution in [0.5, 0.6) is 0 Å². The maximum Gasteiger partial charge on any atom is 0.258 e. The number of halogens is 1. The van der Waals surface area contributed by atoms with Gasteiger partial charge >= 0.3 is 0 Å². The molecule has 26 heavy (non-hydrogen) atoms. The van der Waals surface area contributed by atoms with Crippen molar-refractivity contribution >= 4 is 28.8 Å². The number of aromatic nitrogens is 2. The van der Waals surface area contributed by atoms with E-state index in [4.69, 9.17) is 11.6 Å². The quantitative estimate of drug-likeness (QED) is 0.699. The number of hydrogen-bond donors (Lipinski definition) is 2. The number of hydrogen-bond acceptors (Lipinski definition) is 4. The van der Waals surface area contributed by atoms with Gasteiger partial charge in [-0.15, -0.1) is 0 Å². The number of benzene rings is 1. The Bertz CT molecular complexity index is 1000. The van der Waals surface area contributed by atoms with Gasteiger partial charge in [0.25, 0.3) is 11.5 Å². The van der Waals surface area contributed by atoms with Crippen LogP contribution >= 0.6 is 11.6 Å². The molecular formula is C19H19ClN4O2. The standard InChI is InChI=1S/C19H19ClN4O2/c1-2-8-21-19(26)13-4-3-5-15(9-13)22-11-16-10-18(25)24-12-14(20)6-7-17(24)23-16/h3-7,9-10,12,22H,2,8,11H2,1H3,(H,21,26). The maximum absolute atomic E-state index is 12.2. The highest BCUT2D eigenvalue weighted by Crippen LogP contribution is 2.13. The lowest BCUT2D eigenvalue weighted by molar-refractivity contribution is 0.0953. The van der Waals surface area contributed by atoms with Crippen molar-refractivity contribution in [2.45, 2.75) is 19.9 Å². The second-order valence-electron chi connectivity index (χ2n) is 5.85. The summed E-state index contributed by atoms with van der Waals surface area (Å²) in [5.41, 5.74) is 2.32. The molecular weight excluding hydrogens is 352 g/mol. The first-order valence-electron chi connectivity index (χ1n) is 8.37. The van der Waals surface area contributed by atoms with Gasteiger partial charge in [0.1, 0.15) is 5.65 Å². The van der Waals surface area contributed by atoms with E-state index < -0.39 is 0 Å². The fourth-order valence-corrected chi connectivity index (χ4v) is 2.68. The minimum absolute atomic E-state index is 0.102. The van der Waals surface area contributed by atoms with Gasteiger partial charge in [0, 0.05) is 30.1 Å². The summed E-state index contributed by atoms with van der Waals surface area (Å²) in [5.74, 6) is -0.102. The molecule has 2 heterocycles. The van der Waals surface area contributed by atoms with Crippen LogP contribution in [0.1, 0.15) is 29.4 Å². The monoisotopic (exact) mass is 370 g/mol. The van der Waals surface area contributed by atoms with Crippen molar-refractivity contribution in [3.8, 4) is 0 Å². The Balaban J connectivity index is 1.75. The Kier molecular flexibility index (Phi) is 5.53. The van der Waals surface area contributed by atoms with E-state index in [1.54, 1.807) is 30.5 Å². The van der Waals surface area contributed by atoms with Gasteiger partial charge in [-0.2, -0.15) is 0 Å². The predicted octanol–water partition coefficient (Wildman–Crippen LogP) is 3.10. The number of anilines is 1. The Morgan fingerprint density at radius 2 is 2.08 bits per heavy atom. The molecule has 0 fully saturated rings. The molecule has 134 valence electrons.